The van der Waals surface area contributed by atoms with Crippen LogP contribution in [-0.2, 0) is 0 Å². The van der Waals surface area contributed by atoms with Gasteiger partial charge in [-0.25, -0.2) is 0 Å². The number of hydrogen-bond donors (Lipinski definition) is 1. The number of hydrogen-bond acceptors (Lipinski definition) is 2. The molecule has 0 radical (unpaired) electrons. The fourth-order valence-electron chi connectivity index (χ4n) is 3.06. The van der Waals surface area contributed by atoms with E-state index >= 15 is 0 Å². The van der Waals surface area contributed by atoms with Gasteiger partial charge in [0.1, 0.15) is 0 Å². The molecule has 1 aromatic carbocycles. The van der Waals surface area contributed by atoms with E-state index in [1.807, 2.05) is 0 Å². The van der Waals surface area contributed by atoms with Gasteiger partial charge in [-0.1, -0.05) is 44.2 Å². The van der Waals surface area contributed by atoms with Crippen molar-refractivity contribution in [2.75, 3.05) is 19.6 Å². The van der Waals surface area contributed by atoms with Gasteiger partial charge in [0.15, 0.2) is 0 Å². The monoisotopic (exact) mass is 246 g/mol. The first-order valence-corrected chi connectivity index (χ1v) is 7.37. The molecular weight excluding hydrogens is 220 g/mol. The third-order valence-corrected chi connectivity index (χ3v) is 3.90. The van der Waals surface area contributed by atoms with Crippen LogP contribution in [0.4, 0.5) is 0 Å². The fraction of sp³-hybridized carbons (Fsp3) is 0.625. The van der Waals surface area contributed by atoms with Crippen LogP contribution in [0.2, 0.25) is 0 Å². The van der Waals surface area contributed by atoms with Gasteiger partial charge in [-0.2, -0.15) is 0 Å². The highest BCUT2D eigenvalue weighted by molar-refractivity contribution is 5.20. The van der Waals surface area contributed by atoms with Gasteiger partial charge in [-0.05, 0) is 37.9 Å². The van der Waals surface area contributed by atoms with Gasteiger partial charge < -0.3 is 5.32 Å². The van der Waals surface area contributed by atoms with Crippen molar-refractivity contribution in [3.63, 3.8) is 0 Å². The van der Waals surface area contributed by atoms with E-state index in [2.05, 4.69) is 54.4 Å². The smallest absolute Gasteiger partial charge is 0.0362 e. The Hall–Kier alpha value is -0.860. The molecule has 1 aliphatic heterocycles. The van der Waals surface area contributed by atoms with Gasteiger partial charge in [0.05, 0.1) is 0 Å². The van der Waals surface area contributed by atoms with Gasteiger partial charge in [0.2, 0.25) is 0 Å². The summed E-state index contributed by atoms with van der Waals surface area (Å²) < 4.78 is 0. The SMILES string of the molecule is CCCN1CC[C@@H](NCC)C[C@H]1c1ccccc1. The van der Waals surface area contributed by atoms with Crippen LogP contribution in [0.1, 0.15) is 44.7 Å². The molecule has 0 unspecified atom stereocenters. The van der Waals surface area contributed by atoms with Crippen molar-refractivity contribution in [1.29, 1.82) is 0 Å². The topological polar surface area (TPSA) is 15.3 Å². The van der Waals surface area contributed by atoms with Gasteiger partial charge in [0, 0.05) is 18.6 Å². The molecular formula is C16H26N2. The Morgan fingerprint density at radius 1 is 1.22 bits per heavy atom. The van der Waals surface area contributed by atoms with Crippen LogP contribution in [0.5, 0.6) is 0 Å². The number of benzene rings is 1. The molecule has 0 aromatic heterocycles. The Bertz CT molecular complexity index is 336. The summed E-state index contributed by atoms with van der Waals surface area (Å²) in [6, 6.07) is 12.3. The standard InChI is InChI=1S/C16H26N2/c1-3-11-18-12-10-15(17-4-2)13-16(18)14-8-6-5-7-9-14/h5-9,15-17H,3-4,10-13H2,1-2H3/t15-,16+/m1/s1. The summed E-state index contributed by atoms with van der Waals surface area (Å²) in [5.74, 6) is 0. The first kappa shape index (κ1) is 13.6. The van der Waals surface area contributed by atoms with Crippen molar-refractivity contribution in [3.8, 4) is 0 Å². The average Bonchev–Trinajstić information content (AvgIpc) is 2.42. The maximum Gasteiger partial charge on any atom is 0.0362 e. The number of likely N-dealkylation sites (tertiary alicyclic amines) is 1. The van der Waals surface area contributed by atoms with Crippen LogP contribution >= 0.6 is 0 Å². The second-order valence-electron chi connectivity index (χ2n) is 5.24. The normalized spacial score (nSPS) is 25.2. The number of rotatable bonds is 5. The molecule has 2 nitrogen and oxygen atoms in total. The van der Waals surface area contributed by atoms with Crippen LogP contribution in [0.25, 0.3) is 0 Å². The Balaban J connectivity index is 2.09. The lowest BCUT2D eigenvalue weighted by atomic mass is 9.91. The van der Waals surface area contributed by atoms with Crippen LogP contribution < -0.4 is 5.32 Å². The van der Waals surface area contributed by atoms with Gasteiger partial charge in [0.25, 0.3) is 0 Å². The van der Waals surface area contributed by atoms with Crippen molar-refractivity contribution in [1.82, 2.24) is 10.2 Å². The molecule has 18 heavy (non-hydrogen) atoms. The van der Waals surface area contributed by atoms with Crippen LogP contribution in [0, 0.1) is 0 Å². The molecule has 0 aliphatic carbocycles. The first-order valence-electron chi connectivity index (χ1n) is 7.37. The molecule has 0 saturated carbocycles. The third kappa shape index (κ3) is 3.33. The van der Waals surface area contributed by atoms with Crippen molar-refractivity contribution >= 4 is 0 Å². The molecule has 1 fully saturated rings. The quantitative estimate of drug-likeness (QED) is 0.858. The van der Waals surface area contributed by atoms with Crippen LogP contribution in [-0.4, -0.2) is 30.6 Å². The Morgan fingerprint density at radius 2 is 2.00 bits per heavy atom. The number of nitrogens with zero attached hydrogens (tertiary/aromatic N) is 1. The minimum atomic E-state index is 0.601. The first-order chi connectivity index (χ1) is 8.85. The largest absolute Gasteiger partial charge is 0.314 e. The second kappa shape index (κ2) is 6.91. The maximum absolute atomic E-state index is 3.62. The van der Waals surface area contributed by atoms with Crippen molar-refractivity contribution in [2.24, 2.45) is 0 Å². The molecule has 100 valence electrons. The molecule has 1 aromatic rings. The predicted molar refractivity (Wildman–Crippen MR) is 77.7 cm³/mol. The Morgan fingerprint density at radius 3 is 2.67 bits per heavy atom. The van der Waals surface area contributed by atoms with E-state index in [-0.39, 0.29) is 0 Å². The third-order valence-electron chi connectivity index (χ3n) is 3.90. The lowest BCUT2D eigenvalue weighted by Gasteiger charge is -2.40. The van der Waals surface area contributed by atoms with Crippen LogP contribution in [0.3, 0.4) is 0 Å². The zero-order valence-corrected chi connectivity index (χ0v) is 11.7. The molecule has 1 N–H and O–H groups in total. The van der Waals surface area contributed by atoms with E-state index in [0.29, 0.717) is 12.1 Å². The van der Waals surface area contributed by atoms with Crippen molar-refractivity contribution in [2.45, 2.75) is 45.2 Å². The summed E-state index contributed by atoms with van der Waals surface area (Å²) in [5.41, 5.74) is 1.48. The van der Waals surface area contributed by atoms with E-state index in [1.165, 1.54) is 37.9 Å². The summed E-state index contributed by atoms with van der Waals surface area (Å²) in [6.45, 7) is 8.01. The Kier molecular flexibility index (Phi) is 5.21. The van der Waals surface area contributed by atoms with Crippen molar-refractivity contribution in [3.05, 3.63) is 35.9 Å². The van der Waals surface area contributed by atoms with Gasteiger partial charge >= 0.3 is 0 Å². The lowest BCUT2D eigenvalue weighted by molar-refractivity contribution is 0.125. The minimum Gasteiger partial charge on any atom is -0.314 e. The molecule has 1 heterocycles. The summed E-state index contributed by atoms with van der Waals surface area (Å²) in [5, 5.41) is 3.62. The molecule has 0 bridgehead atoms. The van der Waals surface area contributed by atoms with Gasteiger partial charge in [-0.3, -0.25) is 4.90 Å². The summed E-state index contributed by atoms with van der Waals surface area (Å²) in [6.07, 6.45) is 3.78. The number of piperidine rings is 1. The molecule has 2 atom stereocenters. The van der Waals surface area contributed by atoms with Gasteiger partial charge in [-0.15, -0.1) is 0 Å². The number of nitrogens with one attached hydrogen (secondary N) is 1. The highest BCUT2D eigenvalue weighted by Crippen LogP contribution is 2.30. The lowest BCUT2D eigenvalue weighted by Crippen LogP contribution is -2.44. The van der Waals surface area contributed by atoms with E-state index in [4.69, 9.17) is 0 Å². The maximum atomic E-state index is 3.62. The molecule has 0 amide bonds. The minimum absolute atomic E-state index is 0.601. The predicted octanol–water partition coefficient (Wildman–Crippen LogP) is 3.21. The highest BCUT2D eigenvalue weighted by atomic mass is 15.2. The zero-order valence-electron chi connectivity index (χ0n) is 11.7. The summed E-state index contributed by atoms with van der Waals surface area (Å²) >= 11 is 0. The van der Waals surface area contributed by atoms with Crippen molar-refractivity contribution < 1.29 is 0 Å². The average molecular weight is 246 g/mol. The van der Waals surface area contributed by atoms with E-state index < -0.39 is 0 Å². The Labute approximate surface area is 111 Å². The second-order valence-corrected chi connectivity index (χ2v) is 5.24. The van der Waals surface area contributed by atoms with E-state index in [1.54, 1.807) is 0 Å². The molecule has 2 rings (SSSR count). The van der Waals surface area contributed by atoms with E-state index in [9.17, 15) is 0 Å². The zero-order chi connectivity index (χ0) is 12.8. The molecule has 1 aliphatic rings. The summed E-state index contributed by atoms with van der Waals surface area (Å²) in [4.78, 5) is 2.66. The van der Waals surface area contributed by atoms with E-state index in [0.717, 1.165) is 6.54 Å². The fourth-order valence-corrected chi connectivity index (χ4v) is 3.06. The molecule has 1 saturated heterocycles. The van der Waals surface area contributed by atoms with Crippen LogP contribution in [0.15, 0.2) is 30.3 Å². The molecule has 0 spiro atoms. The summed E-state index contributed by atoms with van der Waals surface area (Å²) in [7, 11) is 0. The molecule has 2 heteroatoms. The highest BCUT2D eigenvalue weighted by Gasteiger charge is 2.28.